The van der Waals surface area contributed by atoms with Crippen LogP contribution >= 0.6 is 11.8 Å². The van der Waals surface area contributed by atoms with Crippen molar-refractivity contribution in [3.8, 4) is 0 Å². The van der Waals surface area contributed by atoms with Crippen molar-refractivity contribution < 1.29 is 19.1 Å². The highest BCUT2D eigenvalue weighted by Gasteiger charge is 2.49. The summed E-state index contributed by atoms with van der Waals surface area (Å²) in [7, 11) is 0. The third-order valence-corrected chi connectivity index (χ3v) is 5.92. The Bertz CT molecular complexity index is 609. The summed E-state index contributed by atoms with van der Waals surface area (Å²) in [6, 6.07) is 5.80. The van der Waals surface area contributed by atoms with E-state index in [2.05, 4.69) is 0 Å². The van der Waals surface area contributed by atoms with Gasteiger partial charge in [0.15, 0.2) is 0 Å². The molecule has 3 rings (SSSR count). The highest BCUT2D eigenvalue weighted by molar-refractivity contribution is 7.99. The number of hydrogen-bond donors (Lipinski definition) is 1. The Morgan fingerprint density at radius 1 is 1.30 bits per heavy atom. The summed E-state index contributed by atoms with van der Waals surface area (Å²) >= 11 is 1.30. The van der Waals surface area contributed by atoms with Crippen LogP contribution in [0.25, 0.3) is 0 Å². The van der Waals surface area contributed by atoms with Gasteiger partial charge in [-0.2, -0.15) is 0 Å². The van der Waals surface area contributed by atoms with E-state index in [-0.39, 0.29) is 24.1 Å². The molecule has 1 aromatic rings. The van der Waals surface area contributed by atoms with Crippen LogP contribution in [0.2, 0.25) is 0 Å². The Kier molecular flexibility index (Phi) is 4.90. The van der Waals surface area contributed by atoms with Gasteiger partial charge >= 0.3 is 5.97 Å². The molecule has 0 radical (unpaired) electrons. The molecule has 1 amide bonds. The summed E-state index contributed by atoms with van der Waals surface area (Å²) in [6.07, 6.45) is 3.21. The van der Waals surface area contributed by atoms with Crippen LogP contribution in [0.5, 0.6) is 0 Å². The van der Waals surface area contributed by atoms with Gasteiger partial charge in [0.05, 0.1) is 0 Å². The number of benzene rings is 1. The molecule has 1 aliphatic heterocycles. The molecule has 1 saturated carbocycles. The lowest BCUT2D eigenvalue weighted by Gasteiger charge is -2.24. The van der Waals surface area contributed by atoms with Gasteiger partial charge in [0.1, 0.15) is 11.9 Å². The molecule has 124 valence electrons. The van der Waals surface area contributed by atoms with Crippen molar-refractivity contribution in [3.63, 3.8) is 0 Å². The number of amides is 1. The summed E-state index contributed by atoms with van der Waals surface area (Å²) in [6.45, 7) is 0.560. The maximum absolute atomic E-state index is 13.5. The number of rotatable bonds is 5. The maximum atomic E-state index is 13.5. The van der Waals surface area contributed by atoms with Crippen molar-refractivity contribution in [1.29, 1.82) is 0 Å². The first-order chi connectivity index (χ1) is 11.1. The minimum atomic E-state index is -0.894. The van der Waals surface area contributed by atoms with E-state index in [0.29, 0.717) is 23.1 Å². The standard InChI is InChI=1S/C17H20FNO3S/c18-13-6-1-2-7-14(13)23-9-8-15(20)19-10-11-4-3-5-12(11)16(19)17(21)22/h1-2,6-7,11-12,16H,3-5,8-10H2,(H,21,22). The Balaban J connectivity index is 1.57. The van der Waals surface area contributed by atoms with Gasteiger partial charge in [0.2, 0.25) is 5.91 Å². The van der Waals surface area contributed by atoms with Crippen molar-refractivity contribution >= 4 is 23.6 Å². The van der Waals surface area contributed by atoms with Crippen molar-refractivity contribution in [1.82, 2.24) is 4.90 Å². The van der Waals surface area contributed by atoms with Crippen LogP contribution in [0.4, 0.5) is 4.39 Å². The Morgan fingerprint density at radius 3 is 2.83 bits per heavy atom. The van der Waals surface area contributed by atoms with Crippen LogP contribution in [-0.2, 0) is 9.59 Å². The van der Waals surface area contributed by atoms with E-state index in [4.69, 9.17) is 0 Å². The summed E-state index contributed by atoms with van der Waals surface area (Å²) in [5.74, 6) is -0.415. The normalized spacial score (nSPS) is 26.3. The second-order valence-corrected chi connectivity index (χ2v) is 7.35. The second-order valence-electron chi connectivity index (χ2n) is 6.21. The highest BCUT2D eigenvalue weighted by Crippen LogP contribution is 2.42. The summed E-state index contributed by atoms with van der Waals surface area (Å²) in [4.78, 5) is 26.0. The predicted octanol–water partition coefficient (Wildman–Crippen LogP) is 3.02. The minimum Gasteiger partial charge on any atom is -0.480 e. The first-order valence-electron chi connectivity index (χ1n) is 7.97. The molecule has 1 N–H and O–H groups in total. The van der Waals surface area contributed by atoms with Gasteiger partial charge in [0.25, 0.3) is 0 Å². The number of halogens is 1. The smallest absolute Gasteiger partial charge is 0.326 e. The Labute approximate surface area is 139 Å². The van der Waals surface area contributed by atoms with Gasteiger partial charge in [-0.1, -0.05) is 18.6 Å². The van der Waals surface area contributed by atoms with Crippen molar-refractivity contribution in [2.45, 2.75) is 36.6 Å². The number of thioether (sulfide) groups is 1. The van der Waals surface area contributed by atoms with Crippen LogP contribution in [0.15, 0.2) is 29.2 Å². The predicted molar refractivity (Wildman–Crippen MR) is 85.7 cm³/mol. The Hall–Kier alpha value is -1.56. The van der Waals surface area contributed by atoms with E-state index >= 15 is 0 Å². The zero-order valence-corrected chi connectivity index (χ0v) is 13.6. The first-order valence-corrected chi connectivity index (χ1v) is 8.96. The number of carbonyl (C=O) groups is 2. The molecule has 1 saturated heterocycles. The van der Waals surface area contributed by atoms with E-state index in [1.807, 2.05) is 0 Å². The van der Waals surface area contributed by atoms with E-state index in [1.165, 1.54) is 17.8 Å². The lowest BCUT2D eigenvalue weighted by Crippen LogP contribution is -2.43. The lowest BCUT2D eigenvalue weighted by atomic mass is 9.94. The fourth-order valence-corrected chi connectivity index (χ4v) is 4.71. The van der Waals surface area contributed by atoms with E-state index < -0.39 is 12.0 Å². The number of carboxylic acid groups (broad SMARTS) is 1. The van der Waals surface area contributed by atoms with Crippen LogP contribution < -0.4 is 0 Å². The first kappa shape index (κ1) is 16.3. The number of aliphatic carboxylic acids is 1. The molecule has 0 bridgehead atoms. The van der Waals surface area contributed by atoms with Gasteiger partial charge in [0, 0.05) is 23.6 Å². The number of carboxylic acids is 1. The third-order valence-electron chi connectivity index (χ3n) is 4.87. The fraction of sp³-hybridized carbons (Fsp3) is 0.529. The summed E-state index contributed by atoms with van der Waals surface area (Å²) in [5.41, 5.74) is 0. The lowest BCUT2D eigenvalue weighted by molar-refractivity contribution is -0.149. The molecule has 6 heteroatoms. The van der Waals surface area contributed by atoms with E-state index in [0.717, 1.165) is 19.3 Å². The molecule has 0 aromatic heterocycles. The van der Waals surface area contributed by atoms with Crippen LogP contribution in [0.3, 0.4) is 0 Å². The van der Waals surface area contributed by atoms with Crippen LogP contribution in [-0.4, -0.2) is 40.2 Å². The number of nitrogens with zero attached hydrogens (tertiary/aromatic N) is 1. The topological polar surface area (TPSA) is 57.6 Å². The van der Waals surface area contributed by atoms with Gasteiger partial charge < -0.3 is 10.0 Å². The fourth-order valence-electron chi connectivity index (χ4n) is 3.83. The number of likely N-dealkylation sites (tertiary alicyclic amines) is 1. The molecule has 2 aliphatic rings. The molecule has 3 unspecified atom stereocenters. The summed E-state index contributed by atoms with van der Waals surface area (Å²) in [5, 5.41) is 9.47. The Morgan fingerprint density at radius 2 is 2.09 bits per heavy atom. The number of fused-ring (bicyclic) bond motifs is 1. The van der Waals surface area contributed by atoms with Crippen molar-refractivity contribution in [3.05, 3.63) is 30.1 Å². The van der Waals surface area contributed by atoms with Gasteiger partial charge in [-0.15, -0.1) is 11.8 Å². The molecular formula is C17H20FNO3S. The third kappa shape index (κ3) is 3.37. The average Bonchev–Trinajstić information content (AvgIpc) is 3.09. The number of carbonyl (C=O) groups excluding carboxylic acids is 1. The van der Waals surface area contributed by atoms with Crippen molar-refractivity contribution in [2.24, 2.45) is 11.8 Å². The molecule has 1 heterocycles. The summed E-state index contributed by atoms with van der Waals surface area (Å²) < 4.78 is 13.5. The van der Waals surface area contributed by atoms with Crippen molar-refractivity contribution in [2.75, 3.05) is 12.3 Å². The zero-order valence-electron chi connectivity index (χ0n) is 12.8. The number of hydrogen-bond acceptors (Lipinski definition) is 3. The van der Waals surface area contributed by atoms with Gasteiger partial charge in [-0.05, 0) is 36.8 Å². The molecule has 4 nitrogen and oxygen atoms in total. The van der Waals surface area contributed by atoms with E-state index in [1.54, 1.807) is 23.1 Å². The largest absolute Gasteiger partial charge is 0.480 e. The van der Waals surface area contributed by atoms with Gasteiger partial charge in [-0.3, -0.25) is 4.79 Å². The molecule has 1 aromatic carbocycles. The van der Waals surface area contributed by atoms with Crippen LogP contribution in [0, 0.1) is 17.7 Å². The van der Waals surface area contributed by atoms with Gasteiger partial charge in [-0.25, -0.2) is 9.18 Å². The molecule has 23 heavy (non-hydrogen) atoms. The average molecular weight is 337 g/mol. The highest BCUT2D eigenvalue weighted by atomic mass is 32.2. The van der Waals surface area contributed by atoms with Crippen LogP contribution in [0.1, 0.15) is 25.7 Å². The molecule has 2 fully saturated rings. The maximum Gasteiger partial charge on any atom is 0.326 e. The minimum absolute atomic E-state index is 0.107. The molecule has 3 atom stereocenters. The van der Waals surface area contributed by atoms with E-state index in [9.17, 15) is 19.1 Å². The monoisotopic (exact) mass is 337 g/mol. The zero-order chi connectivity index (χ0) is 16.4. The SMILES string of the molecule is O=C(O)C1C2CCCC2CN1C(=O)CCSc1ccccc1F. The molecule has 0 spiro atoms. The molecule has 1 aliphatic carbocycles. The quantitative estimate of drug-likeness (QED) is 0.839. The second kappa shape index (κ2) is 6.91. The molecular weight excluding hydrogens is 317 g/mol.